The van der Waals surface area contributed by atoms with Crippen molar-refractivity contribution in [1.29, 1.82) is 0 Å². The van der Waals surface area contributed by atoms with Gasteiger partial charge in [0.05, 0.1) is 11.3 Å². The summed E-state index contributed by atoms with van der Waals surface area (Å²) in [4.78, 5) is 37.1. The molecule has 7 nitrogen and oxygen atoms in total. The number of hydrogen-bond donors (Lipinski definition) is 1. The number of piperazine rings is 1. The molecule has 2 N–H and O–H groups in total. The van der Waals surface area contributed by atoms with E-state index in [1.165, 1.54) is 0 Å². The maximum absolute atomic E-state index is 14.5. The van der Waals surface area contributed by atoms with Crippen molar-refractivity contribution >= 4 is 69.0 Å². The minimum atomic E-state index is -0.850. The van der Waals surface area contributed by atoms with Gasteiger partial charge in [-0.1, -0.05) is 41.4 Å². The van der Waals surface area contributed by atoms with Crippen LogP contribution in [-0.4, -0.2) is 72.8 Å². The van der Waals surface area contributed by atoms with E-state index in [0.29, 0.717) is 39.1 Å². The van der Waals surface area contributed by atoms with E-state index in [1.54, 1.807) is 34.1 Å². The van der Waals surface area contributed by atoms with Crippen molar-refractivity contribution in [1.82, 2.24) is 14.7 Å². The lowest BCUT2D eigenvalue weighted by Crippen LogP contribution is -2.45. The lowest BCUT2D eigenvalue weighted by Gasteiger charge is -2.33. The Kier molecular flexibility index (Phi) is 9.76. The summed E-state index contributed by atoms with van der Waals surface area (Å²) in [6.45, 7) is 5.96. The topological polar surface area (TPSA) is 73.1 Å². The van der Waals surface area contributed by atoms with Gasteiger partial charge in [-0.2, -0.15) is 0 Å². The van der Waals surface area contributed by atoms with Gasteiger partial charge < -0.3 is 25.3 Å². The highest BCUT2D eigenvalue weighted by atomic mass is 127. The van der Waals surface area contributed by atoms with Gasteiger partial charge in [0.1, 0.15) is 6.04 Å². The number of hydrogen-bond acceptors (Lipinski definition) is 5. The average molecular weight is 706 g/mol. The van der Waals surface area contributed by atoms with Crippen molar-refractivity contribution in [2.24, 2.45) is 0 Å². The zero-order valence-corrected chi connectivity index (χ0v) is 26.7. The second kappa shape index (κ2) is 13.3. The first kappa shape index (κ1) is 30.1. The molecule has 0 spiro atoms. The van der Waals surface area contributed by atoms with Crippen LogP contribution in [0.15, 0.2) is 60.7 Å². The monoisotopic (exact) mass is 705 g/mol. The number of rotatable bonds is 8. The van der Waals surface area contributed by atoms with Crippen molar-refractivity contribution in [2.75, 3.05) is 56.9 Å². The molecule has 3 aromatic rings. The van der Waals surface area contributed by atoms with E-state index in [4.69, 9.17) is 28.9 Å². The number of halogens is 3. The number of likely N-dealkylation sites (N-methyl/N-ethyl adjacent to an activating group) is 1. The number of unbranched alkanes of at least 4 members (excludes halogenated alkanes) is 1. The number of benzene rings is 3. The van der Waals surface area contributed by atoms with Gasteiger partial charge in [-0.05, 0) is 103 Å². The van der Waals surface area contributed by atoms with Crippen molar-refractivity contribution in [3.63, 3.8) is 0 Å². The van der Waals surface area contributed by atoms with E-state index in [0.717, 1.165) is 54.7 Å². The summed E-state index contributed by atoms with van der Waals surface area (Å²) in [5.41, 5.74) is 9.36. The molecule has 0 radical (unpaired) electrons. The van der Waals surface area contributed by atoms with Gasteiger partial charge in [0.2, 0.25) is 0 Å². The molecular formula is C31H34Cl2IN5O2. The maximum atomic E-state index is 14.5. The van der Waals surface area contributed by atoms with Crippen LogP contribution in [0.25, 0.3) is 0 Å². The summed E-state index contributed by atoms with van der Waals surface area (Å²) >= 11 is 14.6. The molecule has 1 fully saturated rings. The highest BCUT2D eigenvalue weighted by molar-refractivity contribution is 14.1. The van der Waals surface area contributed by atoms with Crippen LogP contribution in [0.4, 0.5) is 11.4 Å². The summed E-state index contributed by atoms with van der Waals surface area (Å²) in [6, 6.07) is 17.2. The molecule has 1 atom stereocenters. The molecule has 0 bridgehead atoms. The molecule has 216 valence electrons. The van der Waals surface area contributed by atoms with E-state index in [2.05, 4.69) is 39.4 Å². The minimum absolute atomic E-state index is 0.146. The molecule has 2 aliphatic heterocycles. The fourth-order valence-electron chi connectivity index (χ4n) is 5.52. The van der Waals surface area contributed by atoms with Crippen molar-refractivity contribution in [3.05, 3.63) is 91.0 Å². The first-order valence-electron chi connectivity index (χ1n) is 13.8. The number of fused-ring (bicyclic) bond motifs is 1. The van der Waals surface area contributed by atoms with Gasteiger partial charge in [0, 0.05) is 58.6 Å². The zero-order valence-electron chi connectivity index (χ0n) is 23.0. The summed E-state index contributed by atoms with van der Waals surface area (Å²) in [5, 5.41) is 1.08. The van der Waals surface area contributed by atoms with E-state index in [9.17, 15) is 9.59 Å². The third-order valence-corrected chi connectivity index (χ3v) is 9.05. The standard InChI is InChI=1S/C31H34Cl2IN5O2/c1-36-14-16-37(17-15-36)12-2-3-13-38-28-11-10-25(34)19-26(28)30(40)39(20-22-6-9-24(33)18-27(22)35)29(31(38)41)21-4-7-23(32)8-5-21/h4-11,18-19,29H,2-3,12-17,20,35H2,1H3/t29-/m0/s1. The lowest BCUT2D eigenvalue weighted by molar-refractivity contribution is -0.123. The second-order valence-electron chi connectivity index (χ2n) is 10.7. The SMILES string of the molecule is CN1CCN(CCCCN2C(=O)[C@H](c3ccc(Cl)cc3)N(Cc3ccc(Cl)cc3N)C(=O)c3cc(I)ccc32)CC1. The van der Waals surface area contributed by atoms with Crippen LogP contribution in [0, 0.1) is 3.57 Å². The maximum Gasteiger partial charge on any atom is 0.257 e. The van der Waals surface area contributed by atoms with Crippen LogP contribution >= 0.6 is 45.8 Å². The van der Waals surface area contributed by atoms with E-state index in [1.807, 2.05) is 36.4 Å². The molecule has 2 aliphatic rings. The van der Waals surface area contributed by atoms with Gasteiger partial charge in [-0.3, -0.25) is 9.59 Å². The molecule has 5 rings (SSSR count). The van der Waals surface area contributed by atoms with Crippen LogP contribution in [0.5, 0.6) is 0 Å². The molecule has 2 amide bonds. The molecule has 0 aromatic heterocycles. The van der Waals surface area contributed by atoms with Gasteiger partial charge in [-0.25, -0.2) is 0 Å². The van der Waals surface area contributed by atoms with Gasteiger partial charge in [-0.15, -0.1) is 0 Å². The van der Waals surface area contributed by atoms with Crippen LogP contribution < -0.4 is 10.6 Å². The molecule has 41 heavy (non-hydrogen) atoms. The summed E-state index contributed by atoms with van der Waals surface area (Å²) in [7, 11) is 2.16. The first-order valence-corrected chi connectivity index (χ1v) is 15.7. The minimum Gasteiger partial charge on any atom is -0.398 e. The smallest absolute Gasteiger partial charge is 0.257 e. The van der Waals surface area contributed by atoms with Crippen molar-refractivity contribution in [3.8, 4) is 0 Å². The second-order valence-corrected chi connectivity index (χ2v) is 12.9. The highest BCUT2D eigenvalue weighted by Gasteiger charge is 2.40. The fraction of sp³-hybridized carbons (Fsp3) is 0.355. The Labute approximate surface area is 265 Å². The van der Waals surface area contributed by atoms with Crippen LogP contribution in [-0.2, 0) is 11.3 Å². The van der Waals surface area contributed by atoms with Gasteiger partial charge in [0.25, 0.3) is 11.8 Å². The third-order valence-electron chi connectivity index (χ3n) is 7.89. The predicted molar refractivity (Wildman–Crippen MR) is 175 cm³/mol. The molecule has 0 unspecified atom stereocenters. The van der Waals surface area contributed by atoms with Crippen LogP contribution in [0.1, 0.15) is 40.4 Å². The Bertz CT molecular complexity index is 1410. The van der Waals surface area contributed by atoms with Crippen molar-refractivity contribution < 1.29 is 9.59 Å². The lowest BCUT2D eigenvalue weighted by atomic mass is 10.0. The Morgan fingerprint density at radius 1 is 0.878 bits per heavy atom. The molecule has 10 heteroatoms. The number of nitrogens with zero attached hydrogens (tertiary/aromatic N) is 4. The van der Waals surface area contributed by atoms with E-state index >= 15 is 0 Å². The normalized spacial score (nSPS) is 18.5. The molecule has 0 aliphatic carbocycles. The quantitative estimate of drug-likeness (QED) is 0.179. The molecule has 2 heterocycles. The predicted octanol–water partition coefficient (Wildman–Crippen LogP) is 5.94. The number of anilines is 2. The van der Waals surface area contributed by atoms with Crippen LogP contribution in [0.3, 0.4) is 0 Å². The van der Waals surface area contributed by atoms with Crippen LogP contribution in [0.2, 0.25) is 10.0 Å². The molecule has 0 saturated carbocycles. The Morgan fingerprint density at radius 3 is 2.27 bits per heavy atom. The summed E-state index contributed by atoms with van der Waals surface area (Å²) in [6.07, 6.45) is 1.80. The molecule has 3 aromatic carbocycles. The largest absolute Gasteiger partial charge is 0.398 e. The zero-order chi connectivity index (χ0) is 29.1. The number of amides is 2. The Morgan fingerprint density at radius 2 is 1.56 bits per heavy atom. The van der Waals surface area contributed by atoms with Gasteiger partial charge in [0.15, 0.2) is 0 Å². The summed E-state index contributed by atoms with van der Waals surface area (Å²) in [5.74, 6) is -0.367. The Balaban J connectivity index is 1.48. The summed E-state index contributed by atoms with van der Waals surface area (Å²) < 4.78 is 0.924. The van der Waals surface area contributed by atoms with Crippen molar-refractivity contribution in [2.45, 2.75) is 25.4 Å². The van der Waals surface area contributed by atoms with Gasteiger partial charge >= 0.3 is 0 Å². The number of carbonyl (C=O) groups excluding carboxylic acids is 2. The van der Waals surface area contributed by atoms with E-state index < -0.39 is 6.04 Å². The highest BCUT2D eigenvalue weighted by Crippen LogP contribution is 2.37. The first-order chi connectivity index (χ1) is 19.7. The average Bonchev–Trinajstić information content (AvgIpc) is 3.03. The molecule has 1 saturated heterocycles. The number of nitrogens with two attached hydrogens (primary N) is 1. The fourth-order valence-corrected chi connectivity index (χ4v) is 6.32. The number of carbonyl (C=O) groups is 2. The van der Waals surface area contributed by atoms with E-state index in [-0.39, 0.29) is 18.4 Å². The molecular weight excluding hydrogens is 672 g/mol. The third kappa shape index (κ3) is 7.00. The number of nitrogen functional groups attached to an aromatic ring is 1. The Hall–Kier alpha value is -2.37.